The highest BCUT2D eigenvalue weighted by Crippen LogP contribution is 2.30. The minimum absolute atomic E-state index is 0.168. The molecule has 31 heavy (non-hydrogen) atoms. The number of carboxylic acid groups (broad SMARTS) is 1. The van der Waals surface area contributed by atoms with Gasteiger partial charge in [-0.1, -0.05) is 36.8 Å². The molecule has 2 aromatic carbocycles. The molecule has 0 saturated carbocycles. The molecule has 0 radical (unpaired) electrons. The molecule has 3 rings (SSSR count). The predicted molar refractivity (Wildman–Crippen MR) is 109 cm³/mol. The molecular formula is C23H25F3N2O3. The SMILES string of the molecule is C[C@H](NC(=O)C1CCCCN1Cc1cccc(C(F)(F)F)c1)c1ccc(C(=O)O)cc1. The van der Waals surface area contributed by atoms with Crippen LogP contribution in [0.1, 0.15) is 59.3 Å². The van der Waals surface area contributed by atoms with E-state index in [1.54, 1.807) is 18.2 Å². The Bertz CT molecular complexity index is 928. The highest BCUT2D eigenvalue weighted by atomic mass is 19.4. The van der Waals surface area contributed by atoms with Crippen LogP contribution in [-0.2, 0) is 17.5 Å². The van der Waals surface area contributed by atoms with Crippen LogP contribution in [0, 0.1) is 0 Å². The fraction of sp³-hybridized carbons (Fsp3) is 0.391. The molecule has 166 valence electrons. The number of carbonyl (C=O) groups excluding carboxylic acids is 1. The van der Waals surface area contributed by atoms with E-state index in [0.717, 1.165) is 30.5 Å². The van der Waals surface area contributed by atoms with Crippen molar-refractivity contribution in [2.24, 2.45) is 0 Å². The number of rotatable bonds is 6. The third-order valence-corrected chi connectivity index (χ3v) is 5.57. The first-order valence-corrected chi connectivity index (χ1v) is 10.2. The van der Waals surface area contributed by atoms with Crippen LogP contribution < -0.4 is 5.32 Å². The van der Waals surface area contributed by atoms with Gasteiger partial charge in [0.05, 0.1) is 23.2 Å². The fourth-order valence-corrected chi connectivity index (χ4v) is 3.86. The van der Waals surface area contributed by atoms with E-state index in [1.165, 1.54) is 18.2 Å². The van der Waals surface area contributed by atoms with E-state index in [2.05, 4.69) is 5.32 Å². The molecule has 1 aliphatic heterocycles. The lowest BCUT2D eigenvalue weighted by Crippen LogP contribution is -2.49. The summed E-state index contributed by atoms with van der Waals surface area (Å²) in [6, 6.07) is 10.8. The number of carboxylic acids is 1. The largest absolute Gasteiger partial charge is 0.478 e. The topological polar surface area (TPSA) is 69.6 Å². The molecule has 0 spiro atoms. The molecule has 1 amide bonds. The zero-order valence-electron chi connectivity index (χ0n) is 17.2. The molecule has 2 N–H and O–H groups in total. The highest BCUT2D eigenvalue weighted by Gasteiger charge is 2.32. The number of likely N-dealkylation sites (tertiary alicyclic amines) is 1. The van der Waals surface area contributed by atoms with Crippen molar-refractivity contribution in [2.75, 3.05) is 6.54 Å². The van der Waals surface area contributed by atoms with Crippen LogP contribution in [-0.4, -0.2) is 34.5 Å². The Morgan fingerprint density at radius 1 is 1.16 bits per heavy atom. The molecule has 0 bridgehead atoms. The van der Waals surface area contributed by atoms with Crippen molar-refractivity contribution < 1.29 is 27.9 Å². The van der Waals surface area contributed by atoms with Crippen molar-refractivity contribution in [3.63, 3.8) is 0 Å². The van der Waals surface area contributed by atoms with E-state index in [0.29, 0.717) is 18.5 Å². The van der Waals surface area contributed by atoms with Crippen LogP contribution in [0.25, 0.3) is 0 Å². The number of benzene rings is 2. The summed E-state index contributed by atoms with van der Waals surface area (Å²) < 4.78 is 39.0. The summed E-state index contributed by atoms with van der Waals surface area (Å²) in [5.74, 6) is -1.20. The Morgan fingerprint density at radius 2 is 1.87 bits per heavy atom. The molecule has 1 aliphatic rings. The number of aromatic carboxylic acids is 1. The van der Waals surface area contributed by atoms with Gasteiger partial charge in [0.15, 0.2) is 0 Å². The highest BCUT2D eigenvalue weighted by molar-refractivity contribution is 5.87. The number of halogens is 3. The van der Waals surface area contributed by atoms with Crippen molar-refractivity contribution in [3.05, 3.63) is 70.8 Å². The molecule has 0 aliphatic carbocycles. The number of alkyl halides is 3. The lowest BCUT2D eigenvalue weighted by Gasteiger charge is -2.35. The van der Waals surface area contributed by atoms with Crippen LogP contribution in [0.4, 0.5) is 13.2 Å². The summed E-state index contributed by atoms with van der Waals surface area (Å²) in [6.45, 7) is 2.72. The van der Waals surface area contributed by atoms with Gasteiger partial charge in [0.2, 0.25) is 5.91 Å². The number of hydrogen-bond donors (Lipinski definition) is 2. The van der Waals surface area contributed by atoms with Crippen LogP contribution in [0.15, 0.2) is 48.5 Å². The van der Waals surface area contributed by atoms with Gasteiger partial charge in [-0.3, -0.25) is 9.69 Å². The maximum atomic E-state index is 13.0. The maximum absolute atomic E-state index is 13.0. The number of carbonyl (C=O) groups is 2. The molecule has 1 saturated heterocycles. The first kappa shape index (κ1) is 22.8. The van der Waals surface area contributed by atoms with Crippen molar-refractivity contribution >= 4 is 11.9 Å². The normalized spacial score (nSPS) is 18.4. The monoisotopic (exact) mass is 434 g/mol. The number of hydrogen-bond acceptors (Lipinski definition) is 3. The Hall–Kier alpha value is -2.87. The number of nitrogens with zero attached hydrogens (tertiary/aromatic N) is 1. The van der Waals surface area contributed by atoms with E-state index >= 15 is 0 Å². The van der Waals surface area contributed by atoms with E-state index in [-0.39, 0.29) is 24.1 Å². The summed E-state index contributed by atoms with van der Waals surface area (Å²) in [7, 11) is 0. The molecule has 2 atom stereocenters. The third-order valence-electron chi connectivity index (χ3n) is 5.57. The van der Waals surface area contributed by atoms with Crippen LogP contribution >= 0.6 is 0 Å². The molecule has 2 aromatic rings. The van der Waals surface area contributed by atoms with Gasteiger partial charge in [0.25, 0.3) is 0 Å². The second-order valence-electron chi connectivity index (χ2n) is 7.84. The fourth-order valence-electron chi connectivity index (χ4n) is 3.86. The van der Waals surface area contributed by atoms with Crippen molar-refractivity contribution in [1.82, 2.24) is 10.2 Å². The first-order valence-electron chi connectivity index (χ1n) is 10.2. The van der Waals surface area contributed by atoms with Gasteiger partial charge in [-0.15, -0.1) is 0 Å². The van der Waals surface area contributed by atoms with E-state index in [1.807, 2.05) is 11.8 Å². The zero-order chi connectivity index (χ0) is 22.6. The Kier molecular flexibility index (Phi) is 7.00. The summed E-state index contributed by atoms with van der Waals surface area (Å²) >= 11 is 0. The average molecular weight is 434 g/mol. The minimum atomic E-state index is -4.40. The van der Waals surface area contributed by atoms with Gasteiger partial charge < -0.3 is 10.4 Å². The molecule has 5 nitrogen and oxygen atoms in total. The summed E-state index contributed by atoms with van der Waals surface area (Å²) in [5, 5.41) is 12.0. The summed E-state index contributed by atoms with van der Waals surface area (Å²) in [4.78, 5) is 25.9. The van der Waals surface area contributed by atoms with E-state index in [9.17, 15) is 22.8 Å². The van der Waals surface area contributed by atoms with E-state index < -0.39 is 23.8 Å². The van der Waals surface area contributed by atoms with Crippen molar-refractivity contribution in [3.8, 4) is 0 Å². The van der Waals surface area contributed by atoms with Gasteiger partial charge in [0.1, 0.15) is 0 Å². The van der Waals surface area contributed by atoms with Crippen LogP contribution in [0.5, 0.6) is 0 Å². The molecule has 1 fully saturated rings. The third kappa shape index (κ3) is 5.85. The smallest absolute Gasteiger partial charge is 0.416 e. The average Bonchev–Trinajstić information content (AvgIpc) is 2.73. The van der Waals surface area contributed by atoms with Gasteiger partial charge >= 0.3 is 12.1 Å². The van der Waals surface area contributed by atoms with Crippen LogP contribution in [0.2, 0.25) is 0 Å². The molecule has 8 heteroatoms. The predicted octanol–water partition coefficient (Wildman–Crippen LogP) is 4.64. The van der Waals surface area contributed by atoms with Gasteiger partial charge in [0, 0.05) is 6.54 Å². The Balaban J connectivity index is 1.68. The molecular weight excluding hydrogens is 409 g/mol. The second-order valence-corrected chi connectivity index (χ2v) is 7.84. The number of nitrogens with one attached hydrogen (secondary N) is 1. The molecule has 1 heterocycles. The lowest BCUT2D eigenvalue weighted by molar-refractivity contribution is -0.137. The van der Waals surface area contributed by atoms with Crippen molar-refractivity contribution in [2.45, 2.75) is 51.0 Å². The zero-order valence-corrected chi connectivity index (χ0v) is 17.2. The standard InChI is InChI=1S/C23H25F3N2O3/c1-15(17-8-10-18(11-9-17)22(30)31)27-21(29)20-7-2-3-12-28(20)14-16-5-4-6-19(13-16)23(24,25)26/h4-6,8-11,13,15,20H,2-3,7,12,14H2,1H3,(H,27,29)(H,30,31)/t15-,20?/m0/s1. The number of piperidine rings is 1. The Morgan fingerprint density at radius 3 is 2.52 bits per heavy atom. The van der Waals surface area contributed by atoms with E-state index in [4.69, 9.17) is 5.11 Å². The van der Waals surface area contributed by atoms with Crippen LogP contribution in [0.3, 0.4) is 0 Å². The maximum Gasteiger partial charge on any atom is 0.416 e. The summed E-state index contributed by atoms with van der Waals surface area (Å²) in [5.41, 5.74) is 0.772. The van der Waals surface area contributed by atoms with Gasteiger partial charge in [-0.2, -0.15) is 13.2 Å². The lowest BCUT2D eigenvalue weighted by atomic mass is 9.99. The quantitative estimate of drug-likeness (QED) is 0.695. The van der Waals surface area contributed by atoms with Gasteiger partial charge in [-0.05, 0) is 55.6 Å². The number of amides is 1. The molecule has 1 unspecified atom stereocenters. The Labute approximate surface area is 178 Å². The minimum Gasteiger partial charge on any atom is -0.478 e. The molecule has 0 aromatic heterocycles. The van der Waals surface area contributed by atoms with Crippen molar-refractivity contribution in [1.29, 1.82) is 0 Å². The summed E-state index contributed by atoms with van der Waals surface area (Å²) in [6.07, 6.45) is -2.01. The second kappa shape index (κ2) is 9.51. The first-order chi connectivity index (χ1) is 14.6. The van der Waals surface area contributed by atoms with Gasteiger partial charge in [-0.25, -0.2) is 4.79 Å².